The summed E-state index contributed by atoms with van der Waals surface area (Å²) >= 11 is 0. The molecule has 4 fully saturated rings. The summed E-state index contributed by atoms with van der Waals surface area (Å²) in [5.41, 5.74) is 0.192. The fourth-order valence-electron chi connectivity index (χ4n) is 6.08. The fraction of sp³-hybridized carbons (Fsp3) is 0.607. The number of aromatic nitrogens is 2. The summed E-state index contributed by atoms with van der Waals surface area (Å²) < 4.78 is 57.9. The molecular weight excluding hydrogens is 553 g/mol. The molecule has 2 aromatic rings. The predicted octanol–water partition coefficient (Wildman–Crippen LogP) is 2.73. The Kier molecular flexibility index (Phi) is 7.88. The van der Waals surface area contributed by atoms with Crippen LogP contribution in [-0.2, 0) is 19.5 Å². The molecule has 0 bridgehead atoms. The Balaban J connectivity index is 0.993. The molecule has 222 valence electrons. The third kappa shape index (κ3) is 6.32. The molecule has 1 saturated carbocycles. The van der Waals surface area contributed by atoms with Crippen LogP contribution in [0, 0.1) is 11.2 Å². The Morgan fingerprint density at radius 1 is 1.17 bits per heavy atom. The predicted molar refractivity (Wildman–Crippen MR) is 148 cm³/mol. The number of nitrogens with zero attached hydrogens (tertiary/aromatic N) is 4. The van der Waals surface area contributed by atoms with E-state index in [9.17, 15) is 17.6 Å². The number of piperidine rings is 1. The van der Waals surface area contributed by atoms with Crippen LogP contribution < -0.4 is 14.4 Å². The van der Waals surface area contributed by atoms with Crippen molar-refractivity contribution < 1.29 is 31.8 Å². The molecule has 0 radical (unpaired) electrons. The number of likely N-dealkylation sites (tertiary alicyclic amines) is 1. The maximum atomic E-state index is 13.8. The van der Waals surface area contributed by atoms with E-state index in [1.54, 1.807) is 6.20 Å². The Morgan fingerprint density at radius 2 is 1.95 bits per heavy atom. The first-order valence-electron chi connectivity index (χ1n) is 14.2. The minimum absolute atomic E-state index is 0.00762. The van der Waals surface area contributed by atoms with E-state index in [1.807, 2.05) is 0 Å². The summed E-state index contributed by atoms with van der Waals surface area (Å²) in [4.78, 5) is 25.3. The molecule has 0 amide bonds. The zero-order valence-corrected chi connectivity index (χ0v) is 23.9. The number of carbonyl (C=O) groups is 1. The number of carbonyl (C=O) groups excluding carboxylic acids is 1. The van der Waals surface area contributed by atoms with Gasteiger partial charge in [0.25, 0.3) is 0 Å². The molecule has 3 saturated heterocycles. The summed E-state index contributed by atoms with van der Waals surface area (Å²) in [6.45, 7) is 4.94. The minimum atomic E-state index is -3.18. The minimum Gasteiger partial charge on any atom is -0.465 e. The van der Waals surface area contributed by atoms with E-state index < -0.39 is 21.8 Å². The van der Waals surface area contributed by atoms with Gasteiger partial charge in [0.15, 0.2) is 11.6 Å². The molecule has 11 nitrogen and oxygen atoms in total. The van der Waals surface area contributed by atoms with Gasteiger partial charge in [0.05, 0.1) is 31.3 Å². The molecule has 6 rings (SSSR count). The van der Waals surface area contributed by atoms with Crippen molar-refractivity contribution in [2.45, 2.75) is 55.9 Å². The fourth-order valence-corrected chi connectivity index (χ4v) is 7.68. The normalized spacial score (nSPS) is 24.6. The molecule has 3 aliphatic heterocycles. The third-order valence-corrected chi connectivity index (χ3v) is 10.6. The number of anilines is 1. The second-order valence-corrected chi connectivity index (χ2v) is 13.7. The number of halogens is 1. The lowest BCUT2D eigenvalue weighted by atomic mass is 9.72. The van der Waals surface area contributed by atoms with Crippen LogP contribution in [0.2, 0.25) is 0 Å². The number of rotatable bonds is 9. The van der Waals surface area contributed by atoms with Gasteiger partial charge in [-0.25, -0.2) is 32.3 Å². The monoisotopic (exact) mass is 589 g/mol. The highest BCUT2D eigenvalue weighted by Gasteiger charge is 2.46. The summed E-state index contributed by atoms with van der Waals surface area (Å²) in [6, 6.07) is 3.59. The summed E-state index contributed by atoms with van der Waals surface area (Å²) in [6.07, 6.45) is 8.46. The first-order valence-corrected chi connectivity index (χ1v) is 15.7. The molecule has 41 heavy (non-hydrogen) atoms. The highest BCUT2D eigenvalue weighted by molar-refractivity contribution is 7.90. The van der Waals surface area contributed by atoms with E-state index in [0.29, 0.717) is 18.2 Å². The van der Waals surface area contributed by atoms with Crippen molar-refractivity contribution in [3.63, 3.8) is 0 Å². The quantitative estimate of drug-likeness (QED) is 0.437. The molecule has 2 atom stereocenters. The number of esters is 1. The standard InChI is InChI=1S/C28H36FN5O6S/c1-38-27(35)23-12-19(29)2-7-24(23)40-25-13-30-18-31-26(25)34-16-28(17-34)8-10-33(11-9-28)14-21-4-3-20(15-39-21)32-41(36,37)22-5-6-22/h2,7,12-13,18,20-22,32H,3-6,8-11,14-17H2,1H3/t20-,21+/m1/s1. The van der Waals surface area contributed by atoms with Gasteiger partial charge in [-0.1, -0.05) is 0 Å². The molecule has 1 spiro atoms. The Labute approximate surface area is 239 Å². The number of hydrogen-bond donors (Lipinski definition) is 1. The Morgan fingerprint density at radius 3 is 2.63 bits per heavy atom. The average Bonchev–Trinajstić information content (AvgIpc) is 3.81. The van der Waals surface area contributed by atoms with Crippen LogP contribution in [0.25, 0.3) is 0 Å². The van der Waals surface area contributed by atoms with Gasteiger partial charge >= 0.3 is 5.97 Å². The number of hydrogen-bond acceptors (Lipinski definition) is 10. The van der Waals surface area contributed by atoms with Crippen LogP contribution in [-0.4, -0.2) is 93.1 Å². The number of nitrogens with one attached hydrogen (secondary N) is 1. The Bertz CT molecular complexity index is 1370. The van der Waals surface area contributed by atoms with Crippen molar-refractivity contribution in [1.82, 2.24) is 19.6 Å². The lowest BCUT2D eigenvalue weighted by Crippen LogP contribution is -2.61. The molecule has 4 aliphatic rings. The van der Waals surface area contributed by atoms with Gasteiger partial charge in [0.1, 0.15) is 23.5 Å². The molecule has 0 unspecified atom stereocenters. The SMILES string of the molecule is COC(=O)c1cc(F)ccc1Oc1cncnc1N1CC2(CCN(C[C@@H]3CC[C@@H](NS(=O)(=O)C4CC4)CO3)CC2)C1. The average molecular weight is 590 g/mol. The lowest BCUT2D eigenvalue weighted by Gasteiger charge is -2.54. The Hall–Kier alpha value is -2.87. The first kappa shape index (κ1) is 28.3. The highest BCUT2D eigenvalue weighted by atomic mass is 32.2. The van der Waals surface area contributed by atoms with E-state index in [-0.39, 0.29) is 34.1 Å². The van der Waals surface area contributed by atoms with Crippen LogP contribution in [0.3, 0.4) is 0 Å². The largest absolute Gasteiger partial charge is 0.465 e. The first-order chi connectivity index (χ1) is 19.7. The molecule has 4 heterocycles. The second kappa shape index (κ2) is 11.4. The maximum Gasteiger partial charge on any atom is 0.341 e. The molecule has 1 aliphatic carbocycles. The van der Waals surface area contributed by atoms with Gasteiger partial charge in [0.2, 0.25) is 10.0 Å². The number of benzene rings is 1. The van der Waals surface area contributed by atoms with Crippen LogP contribution in [0.15, 0.2) is 30.7 Å². The zero-order chi connectivity index (χ0) is 28.6. The molecule has 1 N–H and O–H groups in total. The van der Waals surface area contributed by atoms with Crippen molar-refractivity contribution in [2.75, 3.05) is 51.3 Å². The number of methoxy groups -OCH3 is 1. The number of sulfonamides is 1. The summed E-state index contributed by atoms with van der Waals surface area (Å²) in [5.74, 6) is -0.0492. The van der Waals surface area contributed by atoms with Crippen molar-refractivity contribution in [3.8, 4) is 11.5 Å². The van der Waals surface area contributed by atoms with E-state index >= 15 is 0 Å². The van der Waals surface area contributed by atoms with Crippen molar-refractivity contribution in [3.05, 3.63) is 42.1 Å². The van der Waals surface area contributed by atoms with Crippen molar-refractivity contribution >= 4 is 21.8 Å². The smallest absolute Gasteiger partial charge is 0.341 e. The topological polar surface area (TPSA) is 123 Å². The molecule has 1 aromatic carbocycles. The van der Waals surface area contributed by atoms with Crippen molar-refractivity contribution in [2.24, 2.45) is 5.41 Å². The summed E-state index contributed by atoms with van der Waals surface area (Å²) in [7, 11) is -1.95. The van der Waals surface area contributed by atoms with Gasteiger partial charge in [0, 0.05) is 31.1 Å². The molecule has 1 aromatic heterocycles. The van der Waals surface area contributed by atoms with E-state index in [1.165, 1.54) is 25.6 Å². The van der Waals surface area contributed by atoms with Crippen LogP contribution in [0.5, 0.6) is 11.5 Å². The second-order valence-electron chi connectivity index (χ2n) is 11.7. The number of ether oxygens (including phenoxy) is 3. The van der Waals surface area contributed by atoms with Gasteiger partial charge in [-0.2, -0.15) is 0 Å². The highest BCUT2D eigenvalue weighted by Crippen LogP contribution is 2.45. The van der Waals surface area contributed by atoms with E-state index in [4.69, 9.17) is 14.2 Å². The molecule has 13 heteroatoms. The maximum absolute atomic E-state index is 13.8. The van der Waals surface area contributed by atoms with Crippen LogP contribution in [0.1, 0.15) is 48.9 Å². The van der Waals surface area contributed by atoms with Crippen molar-refractivity contribution in [1.29, 1.82) is 0 Å². The zero-order valence-electron chi connectivity index (χ0n) is 23.1. The van der Waals surface area contributed by atoms with Gasteiger partial charge in [-0.05, 0) is 69.8 Å². The third-order valence-electron chi connectivity index (χ3n) is 8.62. The van der Waals surface area contributed by atoms with E-state index in [2.05, 4.69) is 24.5 Å². The van der Waals surface area contributed by atoms with E-state index in [0.717, 1.165) is 77.3 Å². The molecular formula is C28H36FN5O6S. The van der Waals surface area contributed by atoms with Gasteiger partial charge < -0.3 is 24.0 Å². The van der Waals surface area contributed by atoms with Crippen LogP contribution >= 0.6 is 0 Å². The lowest BCUT2D eigenvalue weighted by molar-refractivity contribution is -0.0299. The van der Waals surface area contributed by atoms with Gasteiger partial charge in [-0.15, -0.1) is 0 Å². The van der Waals surface area contributed by atoms with Crippen LogP contribution in [0.4, 0.5) is 10.2 Å². The van der Waals surface area contributed by atoms with Gasteiger partial charge in [-0.3, -0.25) is 0 Å². The summed E-state index contributed by atoms with van der Waals surface area (Å²) in [5, 5.41) is -0.203.